The molecule has 1 N–H and O–H groups in total. The van der Waals surface area contributed by atoms with Crippen LogP contribution in [0.4, 0.5) is 30.7 Å². The summed E-state index contributed by atoms with van der Waals surface area (Å²) in [6, 6.07) is 5.38. The number of rotatable bonds is 9. The van der Waals surface area contributed by atoms with Crippen molar-refractivity contribution in [2.45, 2.75) is 50.9 Å². The predicted octanol–water partition coefficient (Wildman–Crippen LogP) is 8.90. The molecular formula is C26H21Cl3F7NO2. The minimum absolute atomic E-state index is 0.105. The molecule has 212 valence electrons. The van der Waals surface area contributed by atoms with Crippen LogP contribution in [0.2, 0.25) is 15.1 Å². The van der Waals surface area contributed by atoms with E-state index in [-0.39, 0.29) is 38.2 Å². The largest absolute Gasteiger partial charge is 0.399 e. The molecule has 0 aliphatic heterocycles. The Morgan fingerprint density at radius 1 is 1.03 bits per heavy atom. The normalized spacial score (nSPS) is 16.1. The molecule has 3 nitrogen and oxygen atoms in total. The van der Waals surface area contributed by atoms with Gasteiger partial charge in [0.05, 0.1) is 26.9 Å². The molecule has 0 bridgehead atoms. The SMILES string of the molecule is CC(=O)c1ccc(/C(F)=C/C(c2cc(Cl)c(Cl)c(Cl)c2)C(F)(F)F)cc1CC1(C(=O)NCCC(F)(F)F)CC1. The molecule has 2 aromatic carbocycles. The first-order valence-corrected chi connectivity index (χ1v) is 12.6. The molecule has 13 heteroatoms. The smallest absolute Gasteiger partial charge is 0.355 e. The monoisotopic (exact) mass is 617 g/mol. The van der Waals surface area contributed by atoms with Crippen molar-refractivity contribution in [2.24, 2.45) is 5.41 Å². The summed E-state index contributed by atoms with van der Waals surface area (Å²) in [5.74, 6) is -4.80. The van der Waals surface area contributed by atoms with Crippen molar-refractivity contribution < 1.29 is 40.3 Å². The van der Waals surface area contributed by atoms with Crippen LogP contribution in [-0.2, 0) is 11.2 Å². The second-order valence-electron chi connectivity index (χ2n) is 9.34. The first-order valence-electron chi connectivity index (χ1n) is 11.5. The molecule has 1 saturated carbocycles. The van der Waals surface area contributed by atoms with Crippen LogP contribution in [0.25, 0.3) is 5.83 Å². The van der Waals surface area contributed by atoms with Gasteiger partial charge in [-0.25, -0.2) is 4.39 Å². The molecule has 0 saturated heterocycles. The highest BCUT2D eigenvalue weighted by molar-refractivity contribution is 6.48. The van der Waals surface area contributed by atoms with Crippen molar-refractivity contribution in [1.29, 1.82) is 0 Å². The van der Waals surface area contributed by atoms with Crippen LogP contribution in [0, 0.1) is 5.41 Å². The molecule has 0 aromatic heterocycles. The standard InChI is InChI=1S/C26H21Cl3F7NO2/c1-13(38)17-3-2-14(8-16(17)12-24(4-5-24)23(39)37-7-6-25(31,32)33)21(30)11-18(26(34,35)36)15-9-19(27)22(29)20(28)10-15/h2-3,8-11,18H,4-7,12H2,1H3,(H,37,39)/b21-11-. The minimum Gasteiger partial charge on any atom is -0.355 e. The van der Waals surface area contributed by atoms with Gasteiger partial charge in [-0.15, -0.1) is 0 Å². The fourth-order valence-electron chi connectivity index (χ4n) is 4.11. The molecular weight excluding hydrogens is 598 g/mol. The van der Waals surface area contributed by atoms with E-state index < -0.39 is 59.7 Å². The number of hydrogen-bond donors (Lipinski definition) is 1. The number of amides is 1. The van der Waals surface area contributed by atoms with Crippen molar-refractivity contribution in [3.05, 3.63) is 73.7 Å². The first kappa shape index (κ1) is 31.2. The quantitative estimate of drug-likeness (QED) is 0.173. The highest BCUT2D eigenvalue weighted by Crippen LogP contribution is 2.49. The van der Waals surface area contributed by atoms with Gasteiger partial charge >= 0.3 is 12.4 Å². The Balaban J connectivity index is 1.94. The van der Waals surface area contributed by atoms with Crippen molar-refractivity contribution in [1.82, 2.24) is 5.32 Å². The summed E-state index contributed by atoms with van der Waals surface area (Å²) in [5.41, 5.74) is -1.54. The Morgan fingerprint density at radius 3 is 2.10 bits per heavy atom. The van der Waals surface area contributed by atoms with Gasteiger partial charge in [-0.2, -0.15) is 26.3 Å². The molecule has 0 radical (unpaired) electrons. The van der Waals surface area contributed by atoms with Gasteiger partial charge in [0.1, 0.15) is 11.7 Å². The number of benzene rings is 2. The Bertz CT molecular complexity index is 1280. The Hall–Kier alpha value is -2.30. The molecule has 1 atom stereocenters. The van der Waals surface area contributed by atoms with Crippen LogP contribution in [0.15, 0.2) is 36.4 Å². The number of alkyl halides is 6. The minimum atomic E-state index is -4.94. The summed E-state index contributed by atoms with van der Waals surface area (Å²) >= 11 is 17.5. The second kappa shape index (κ2) is 11.7. The number of ketones is 1. The van der Waals surface area contributed by atoms with Crippen LogP contribution in [0.3, 0.4) is 0 Å². The molecule has 1 aliphatic carbocycles. The second-order valence-corrected chi connectivity index (χ2v) is 10.5. The van der Waals surface area contributed by atoms with Crippen LogP contribution in [0.1, 0.15) is 59.2 Å². The van der Waals surface area contributed by atoms with E-state index in [4.69, 9.17) is 34.8 Å². The average molecular weight is 619 g/mol. The lowest BCUT2D eigenvalue weighted by Crippen LogP contribution is -2.35. The van der Waals surface area contributed by atoms with E-state index in [9.17, 15) is 35.9 Å². The molecule has 0 spiro atoms. The van der Waals surface area contributed by atoms with Gasteiger partial charge in [-0.1, -0.05) is 46.9 Å². The fraction of sp³-hybridized carbons (Fsp3) is 0.385. The molecule has 3 rings (SSSR count). The number of carbonyl (C=O) groups excluding carboxylic acids is 2. The maximum Gasteiger partial charge on any atom is 0.399 e. The molecule has 2 aromatic rings. The summed E-state index contributed by atoms with van der Waals surface area (Å²) in [6.07, 6.45) is -9.75. The molecule has 1 unspecified atom stereocenters. The number of halogens is 10. The van der Waals surface area contributed by atoms with Crippen LogP contribution in [0.5, 0.6) is 0 Å². The van der Waals surface area contributed by atoms with Crippen molar-refractivity contribution in [3.63, 3.8) is 0 Å². The van der Waals surface area contributed by atoms with E-state index in [0.29, 0.717) is 18.9 Å². The zero-order chi connectivity index (χ0) is 29.3. The first-order chi connectivity index (χ1) is 17.9. The van der Waals surface area contributed by atoms with Gasteiger partial charge in [-0.05, 0) is 61.6 Å². The van der Waals surface area contributed by atoms with Crippen LogP contribution >= 0.6 is 34.8 Å². The van der Waals surface area contributed by atoms with E-state index >= 15 is 4.39 Å². The topological polar surface area (TPSA) is 46.2 Å². The van der Waals surface area contributed by atoms with E-state index in [1.54, 1.807) is 0 Å². The Labute approximate surface area is 234 Å². The Morgan fingerprint density at radius 2 is 1.62 bits per heavy atom. The van der Waals surface area contributed by atoms with Crippen molar-refractivity contribution >= 4 is 52.3 Å². The predicted molar refractivity (Wildman–Crippen MR) is 135 cm³/mol. The van der Waals surface area contributed by atoms with Gasteiger partial charge in [0.15, 0.2) is 5.78 Å². The summed E-state index contributed by atoms with van der Waals surface area (Å²) in [7, 11) is 0. The average Bonchev–Trinajstić information content (AvgIpc) is 3.59. The third-order valence-electron chi connectivity index (χ3n) is 6.35. The highest BCUT2D eigenvalue weighted by Gasteiger charge is 2.50. The summed E-state index contributed by atoms with van der Waals surface area (Å²) in [4.78, 5) is 24.8. The van der Waals surface area contributed by atoms with E-state index in [2.05, 4.69) is 5.32 Å². The zero-order valence-corrected chi connectivity index (χ0v) is 22.4. The summed E-state index contributed by atoms with van der Waals surface area (Å²) < 4.78 is 94.3. The van der Waals surface area contributed by atoms with E-state index in [1.165, 1.54) is 19.1 Å². The maximum atomic E-state index is 15.3. The fourth-order valence-corrected chi connectivity index (χ4v) is 4.73. The lowest BCUT2D eigenvalue weighted by atomic mass is 9.89. The van der Waals surface area contributed by atoms with Gasteiger partial charge in [0.25, 0.3) is 0 Å². The molecule has 1 aliphatic rings. The summed E-state index contributed by atoms with van der Waals surface area (Å²) in [5, 5.41) is 1.58. The Kier molecular flexibility index (Phi) is 9.34. The zero-order valence-electron chi connectivity index (χ0n) is 20.2. The number of carbonyl (C=O) groups is 2. The molecule has 1 fully saturated rings. The third kappa shape index (κ3) is 7.89. The van der Waals surface area contributed by atoms with Gasteiger partial charge in [0, 0.05) is 17.7 Å². The van der Waals surface area contributed by atoms with Crippen molar-refractivity contribution in [2.75, 3.05) is 6.54 Å². The number of Topliss-reactive ketones (excluding diaryl/α,β-unsaturated/α-hetero) is 1. The van der Waals surface area contributed by atoms with Gasteiger partial charge in [0.2, 0.25) is 5.91 Å². The van der Waals surface area contributed by atoms with E-state index in [0.717, 1.165) is 18.2 Å². The number of allylic oxidation sites excluding steroid dienone is 1. The lowest BCUT2D eigenvalue weighted by Gasteiger charge is -2.20. The van der Waals surface area contributed by atoms with Gasteiger partial charge in [-0.3, -0.25) is 9.59 Å². The van der Waals surface area contributed by atoms with Crippen molar-refractivity contribution in [3.8, 4) is 0 Å². The van der Waals surface area contributed by atoms with Crippen LogP contribution in [-0.4, -0.2) is 30.6 Å². The van der Waals surface area contributed by atoms with Gasteiger partial charge < -0.3 is 5.32 Å². The number of hydrogen-bond acceptors (Lipinski definition) is 2. The molecule has 39 heavy (non-hydrogen) atoms. The molecule has 0 heterocycles. The number of nitrogens with one attached hydrogen (secondary N) is 1. The van der Waals surface area contributed by atoms with Crippen LogP contribution < -0.4 is 5.32 Å². The lowest BCUT2D eigenvalue weighted by molar-refractivity contribution is -0.140. The molecule has 1 amide bonds. The highest BCUT2D eigenvalue weighted by atomic mass is 35.5. The maximum absolute atomic E-state index is 15.3. The summed E-state index contributed by atoms with van der Waals surface area (Å²) in [6.45, 7) is 0.597. The third-order valence-corrected chi connectivity index (χ3v) is 7.55. The van der Waals surface area contributed by atoms with E-state index in [1.807, 2.05) is 0 Å².